The lowest BCUT2D eigenvalue weighted by Gasteiger charge is -1.93. The van der Waals surface area contributed by atoms with Crippen molar-refractivity contribution in [2.45, 2.75) is 13.3 Å². The first-order chi connectivity index (χ1) is 5.52. The average Bonchev–Trinajstić information content (AvgIpc) is 2.31. The molecule has 0 saturated heterocycles. The Labute approximate surface area is 68.0 Å². The maximum atomic E-state index is 10.5. The predicted octanol–water partition coefficient (Wildman–Crippen LogP) is 0.274. The van der Waals surface area contributed by atoms with E-state index in [2.05, 4.69) is 4.99 Å². The fourth-order valence-corrected chi connectivity index (χ4v) is 0.991. The smallest absolute Gasteiger partial charge is 0.355 e. The van der Waals surface area contributed by atoms with Crippen molar-refractivity contribution >= 4 is 17.7 Å². The van der Waals surface area contributed by atoms with Gasteiger partial charge in [0.15, 0.2) is 5.70 Å². The fraction of sp³-hybridized carbons (Fsp3) is 0.286. The van der Waals surface area contributed by atoms with E-state index < -0.39 is 11.9 Å². The number of nitrogens with zero attached hydrogens (tertiary/aromatic N) is 1. The summed E-state index contributed by atoms with van der Waals surface area (Å²) in [6.45, 7) is 1.60. The Morgan fingerprint density at radius 3 is 2.25 bits per heavy atom. The summed E-state index contributed by atoms with van der Waals surface area (Å²) >= 11 is 0. The molecule has 1 rings (SSSR count). The topological polar surface area (TPSA) is 87.0 Å². The minimum absolute atomic E-state index is 0.122. The Kier molecular flexibility index (Phi) is 1.95. The van der Waals surface area contributed by atoms with Crippen molar-refractivity contribution in [1.82, 2.24) is 0 Å². The van der Waals surface area contributed by atoms with Crippen LogP contribution in [0.3, 0.4) is 0 Å². The van der Waals surface area contributed by atoms with E-state index in [4.69, 9.17) is 10.2 Å². The molecule has 0 atom stereocenters. The highest BCUT2D eigenvalue weighted by atomic mass is 16.4. The third-order valence-corrected chi connectivity index (χ3v) is 1.48. The summed E-state index contributed by atoms with van der Waals surface area (Å²) in [6.07, 6.45) is 0.122. The SMILES string of the molecule is CC1=NC(C(=O)O)=C(C(=O)O)C1. The Morgan fingerprint density at radius 1 is 1.33 bits per heavy atom. The Balaban J connectivity index is 3.07. The van der Waals surface area contributed by atoms with Crippen LogP contribution >= 0.6 is 0 Å². The summed E-state index contributed by atoms with van der Waals surface area (Å²) in [5.41, 5.74) is 0.0322. The highest BCUT2D eigenvalue weighted by molar-refractivity contribution is 6.08. The van der Waals surface area contributed by atoms with Gasteiger partial charge in [0.1, 0.15) is 0 Å². The van der Waals surface area contributed by atoms with E-state index in [0.29, 0.717) is 5.71 Å². The highest BCUT2D eigenvalue weighted by Crippen LogP contribution is 2.19. The highest BCUT2D eigenvalue weighted by Gasteiger charge is 2.25. The van der Waals surface area contributed by atoms with Crippen LogP contribution in [0.2, 0.25) is 0 Å². The molecule has 64 valence electrons. The lowest BCUT2D eigenvalue weighted by Crippen LogP contribution is -2.06. The van der Waals surface area contributed by atoms with E-state index in [1.54, 1.807) is 6.92 Å². The second-order valence-electron chi connectivity index (χ2n) is 2.46. The second kappa shape index (κ2) is 2.77. The second-order valence-corrected chi connectivity index (χ2v) is 2.46. The van der Waals surface area contributed by atoms with Gasteiger partial charge in [-0.1, -0.05) is 0 Å². The van der Waals surface area contributed by atoms with Crippen molar-refractivity contribution in [2.24, 2.45) is 4.99 Å². The quantitative estimate of drug-likeness (QED) is 0.621. The summed E-state index contributed by atoms with van der Waals surface area (Å²) in [5, 5.41) is 17.1. The molecule has 1 aliphatic heterocycles. The Hall–Kier alpha value is -1.65. The lowest BCUT2D eigenvalue weighted by atomic mass is 10.1. The van der Waals surface area contributed by atoms with E-state index in [1.165, 1.54) is 0 Å². The minimum atomic E-state index is -1.29. The number of carboxylic acids is 2. The molecule has 2 N–H and O–H groups in total. The Bertz CT molecular complexity index is 313. The number of hydrogen-bond donors (Lipinski definition) is 2. The van der Waals surface area contributed by atoms with Gasteiger partial charge in [0.25, 0.3) is 0 Å². The van der Waals surface area contributed by atoms with E-state index in [1.807, 2.05) is 0 Å². The average molecular weight is 169 g/mol. The molecule has 0 aromatic heterocycles. The van der Waals surface area contributed by atoms with Crippen LogP contribution in [-0.4, -0.2) is 27.9 Å². The first kappa shape index (κ1) is 8.45. The molecule has 0 radical (unpaired) electrons. The van der Waals surface area contributed by atoms with Crippen molar-refractivity contribution in [3.63, 3.8) is 0 Å². The van der Waals surface area contributed by atoms with Crippen LogP contribution in [0.25, 0.3) is 0 Å². The lowest BCUT2D eigenvalue weighted by molar-refractivity contribution is -0.135. The molecule has 0 bridgehead atoms. The molecule has 5 nitrogen and oxygen atoms in total. The van der Waals surface area contributed by atoms with Gasteiger partial charge in [-0.15, -0.1) is 0 Å². The molecule has 0 saturated carbocycles. The van der Waals surface area contributed by atoms with Gasteiger partial charge in [-0.3, -0.25) is 0 Å². The van der Waals surface area contributed by atoms with Gasteiger partial charge < -0.3 is 10.2 Å². The van der Waals surface area contributed by atoms with Gasteiger partial charge in [-0.2, -0.15) is 0 Å². The van der Waals surface area contributed by atoms with Gasteiger partial charge in [-0.05, 0) is 6.92 Å². The molecule has 0 unspecified atom stereocenters. The number of carboxylic acid groups (broad SMARTS) is 2. The molecule has 0 aromatic carbocycles. The van der Waals surface area contributed by atoms with Crippen LogP contribution in [0.1, 0.15) is 13.3 Å². The van der Waals surface area contributed by atoms with Crippen molar-refractivity contribution in [3.8, 4) is 0 Å². The first-order valence-corrected chi connectivity index (χ1v) is 3.26. The molecule has 0 aliphatic carbocycles. The van der Waals surface area contributed by atoms with Crippen LogP contribution in [0.4, 0.5) is 0 Å². The number of aliphatic imine (C=N–C) groups is 1. The summed E-state index contributed by atoms with van der Waals surface area (Å²) in [6, 6.07) is 0. The van der Waals surface area contributed by atoms with Crippen LogP contribution in [0, 0.1) is 0 Å². The van der Waals surface area contributed by atoms with E-state index in [-0.39, 0.29) is 17.7 Å². The maximum Gasteiger partial charge on any atom is 0.355 e. The zero-order valence-electron chi connectivity index (χ0n) is 6.37. The molecule has 1 heterocycles. The Morgan fingerprint density at radius 2 is 1.92 bits per heavy atom. The first-order valence-electron chi connectivity index (χ1n) is 3.26. The molecular weight excluding hydrogens is 162 g/mol. The van der Waals surface area contributed by atoms with E-state index >= 15 is 0 Å². The van der Waals surface area contributed by atoms with E-state index in [9.17, 15) is 9.59 Å². The number of carbonyl (C=O) groups is 2. The molecule has 0 amide bonds. The third-order valence-electron chi connectivity index (χ3n) is 1.48. The molecule has 1 aliphatic rings. The van der Waals surface area contributed by atoms with Crippen molar-refractivity contribution in [1.29, 1.82) is 0 Å². The summed E-state index contributed by atoms with van der Waals surface area (Å²) in [5.74, 6) is -2.50. The summed E-state index contributed by atoms with van der Waals surface area (Å²) < 4.78 is 0. The molecule has 0 spiro atoms. The predicted molar refractivity (Wildman–Crippen MR) is 40.0 cm³/mol. The van der Waals surface area contributed by atoms with Gasteiger partial charge in [-0.25, -0.2) is 14.6 Å². The van der Waals surface area contributed by atoms with Gasteiger partial charge >= 0.3 is 11.9 Å². The molecule has 12 heavy (non-hydrogen) atoms. The zero-order chi connectivity index (χ0) is 9.30. The minimum Gasteiger partial charge on any atom is -0.478 e. The standard InChI is InChI=1S/C7H7NO4/c1-3-2-4(6(9)10)5(8-3)7(11)12/h2H2,1H3,(H,9,10)(H,11,12). The number of aliphatic carboxylic acids is 2. The molecular formula is C7H7NO4. The largest absolute Gasteiger partial charge is 0.478 e. The molecule has 5 heteroatoms. The van der Waals surface area contributed by atoms with Crippen LogP contribution in [0.5, 0.6) is 0 Å². The third kappa shape index (κ3) is 1.34. The molecule has 0 fully saturated rings. The van der Waals surface area contributed by atoms with Crippen LogP contribution in [-0.2, 0) is 9.59 Å². The van der Waals surface area contributed by atoms with Crippen LogP contribution < -0.4 is 0 Å². The summed E-state index contributed by atoms with van der Waals surface area (Å²) in [7, 11) is 0. The van der Waals surface area contributed by atoms with Gasteiger partial charge in [0.05, 0.1) is 5.57 Å². The van der Waals surface area contributed by atoms with Gasteiger partial charge in [0.2, 0.25) is 0 Å². The maximum absolute atomic E-state index is 10.5. The van der Waals surface area contributed by atoms with E-state index in [0.717, 1.165) is 0 Å². The number of rotatable bonds is 2. The fourth-order valence-electron chi connectivity index (χ4n) is 0.991. The van der Waals surface area contributed by atoms with Crippen LogP contribution in [0.15, 0.2) is 16.3 Å². The normalized spacial score (nSPS) is 16.2. The number of hydrogen-bond acceptors (Lipinski definition) is 3. The van der Waals surface area contributed by atoms with Crippen molar-refractivity contribution in [2.75, 3.05) is 0 Å². The zero-order valence-corrected chi connectivity index (χ0v) is 6.37. The van der Waals surface area contributed by atoms with Gasteiger partial charge in [0, 0.05) is 12.1 Å². The summed E-state index contributed by atoms with van der Waals surface area (Å²) in [4.78, 5) is 24.5. The monoisotopic (exact) mass is 169 g/mol. The van der Waals surface area contributed by atoms with Crippen molar-refractivity contribution < 1.29 is 19.8 Å². The molecule has 0 aromatic rings. The van der Waals surface area contributed by atoms with Crippen molar-refractivity contribution in [3.05, 3.63) is 11.3 Å².